The van der Waals surface area contributed by atoms with E-state index in [-0.39, 0.29) is 23.1 Å². The lowest BCUT2D eigenvalue weighted by Gasteiger charge is -2.37. The minimum atomic E-state index is -0.310. The summed E-state index contributed by atoms with van der Waals surface area (Å²) in [5.74, 6) is 0.621. The highest BCUT2D eigenvalue weighted by atomic mass is 32.2. The summed E-state index contributed by atoms with van der Waals surface area (Å²) < 4.78 is 2.07. The highest BCUT2D eigenvalue weighted by Crippen LogP contribution is 2.36. The number of thiocarbonyl (C=S) groups is 1. The molecule has 0 saturated carbocycles. The first kappa shape index (κ1) is 22.5. The number of nitriles is 1. The zero-order valence-electron chi connectivity index (χ0n) is 18.1. The molecule has 30 heavy (non-hydrogen) atoms. The molecule has 2 aliphatic rings. The number of hydrogen-bond donors (Lipinski definition) is 0. The minimum absolute atomic E-state index is 0.0270. The molecule has 2 fully saturated rings. The van der Waals surface area contributed by atoms with Gasteiger partial charge < -0.3 is 9.80 Å². The van der Waals surface area contributed by atoms with E-state index < -0.39 is 0 Å². The lowest BCUT2D eigenvalue weighted by molar-refractivity contribution is -0.123. The van der Waals surface area contributed by atoms with Crippen molar-refractivity contribution in [2.75, 3.05) is 37.6 Å². The normalized spacial score (nSPS) is 19.3. The fraction of sp³-hybridized carbons (Fsp3) is 0.524. The molecule has 0 N–H and O–H groups in total. The number of carbonyl (C=O) groups is 1. The average molecular weight is 446 g/mol. The third kappa shape index (κ3) is 3.92. The van der Waals surface area contributed by atoms with Crippen molar-refractivity contribution < 1.29 is 4.79 Å². The summed E-state index contributed by atoms with van der Waals surface area (Å²) >= 11 is 6.67. The number of pyridine rings is 1. The van der Waals surface area contributed by atoms with Crippen LogP contribution in [0.4, 0.5) is 5.82 Å². The van der Waals surface area contributed by atoms with Crippen LogP contribution in [0, 0.1) is 18.3 Å². The van der Waals surface area contributed by atoms with Gasteiger partial charge in [-0.15, -0.1) is 0 Å². The fourth-order valence-electron chi connectivity index (χ4n) is 3.93. The maximum absolute atomic E-state index is 12.9. The van der Waals surface area contributed by atoms with Gasteiger partial charge in [-0.05, 0) is 39.0 Å². The Morgan fingerprint density at radius 3 is 2.37 bits per heavy atom. The van der Waals surface area contributed by atoms with Crippen molar-refractivity contribution in [2.24, 2.45) is 7.05 Å². The van der Waals surface area contributed by atoms with E-state index in [0.717, 1.165) is 44.1 Å². The molecule has 0 atom stereocenters. The van der Waals surface area contributed by atoms with E-state index >= 15 is 0 Å². The second-order valence-corrected chi connectivity index (χ2v) is 9.46. The number of carbonyl (C=O) groups excluding carboxylic acids is 1. The molecule has 7 nitrogen and oxygen atoms in total. The second kappa shape index (κ2) is 8.92. The SMILES string of the molecule is CCN1CCN(c2c(C=C3SC(=S)N(C(C)C)C3=O)c(C)c(C#N)c(=O)n2C)CC1. The number of anilines is 1. The van der Waals surface area contributed by atoms with Gasteiger partial charge in [0.15, 0.2) is 0 Å². The molecule has 0 spiro atoms. The molecular formula is C21H27N5O2S2. The molecule has 1 amide bonds. The quantitative estimate of drug-likeness (QED) is 0.520. The molecule has 160 valence electrons. The van der Waals surface area contributed by atoms with Crippen molar-refractivity contribution in [1.29, 1.82) is 5.26 Å². The van der Waals surface area contributed by atoms with E-state index in [1.807, 2.05) is 19.9 Å². The Kier molecular flexibility index (Phi) is 6.70. The van der Waals surface area contributed by atoms with E-state index in [1.165, 1.54) is 11.8 Å². The van der Waals surface area contributed by atoms with Gasteiger partial charge in [-0.25, -0.2) is 0 Å². The van der Waals surface area contributed by atoms with Crippen LogP contribution in [0.5, 0.6) is 0 Å². The van der Waals surface area contributed by atoms with Crippen LogP contribution in [-0.2, 0) is 11.8 Å². The Balaban J connectivity index is 2.15. The molecule has 1 aromatic rings. The smallest absolute Gasteiger partial charge is 0.270 e. The lowest BCUT2D eigenvalue weighted by Crippen LogP contribution is -2.48. The van der Waals surface area contributed by atoms with E-state index in [0.29, 0.717) is 14.8 Å². The van der Waals surface area contributed by atoms with Crippen LogP contribution in [-0.4, -0.2) is 63.4 Å². The van der Waals surface area contributed by atoms with Crippen molar-refractivity contribution in [3.05, 3.63) is 31.9 Å². The molecule has 3 rings (SSSR count). The van der Waals surface area contributed by atoms with Gasteiger partial charge in [-0.2, -0.15) is 5.26 Å². The lowest BCUT2D eigenvalue weighted by atomic mass is 10.0. The van der Waals surface area contributed by atoms with Crippen molar-refractivity contribution >= 4 is 46.1 Å². The summed E-state index contributed by atoms with van der Waals surface area (Å²) in [6, 6.07) is 2.02. The standard InChI is InChI=1S/C21H27N5O2S2/c1-6-24-7-9-25(10-8-24)18-15(14(4)16(12-22)19(27)23(18)5)11-17-20(28)26(13(2)3)21(29)30-17/h11,13H,6-10H2,1-5H3. The molecule has 0 aromatic carbocycles. The van der Waals surface area contributed by atoms with Crippen LogP contribution in [0.15, 0.2) is 9.70 Å². The third-order valence-electron chi connectivity index (χ3n) is 5.70. The van der Waals surface area contributed by atoms with Crippen LogP contribution in [0.1, 0.15) is 37.5 Å². The van der Waals surface area contributed by atoms with Crippen molar-refractivity contribution in [3.8, 4) is 6.07 Å². The summed E-state index contributed by atoms with van der Waals surface area (Å²) in [4.78, 5) is 32.4. The van der Waals surface area contributed by atoms with Gasteiger partial charge in [-0.1, -0.05) is 30.9 Å². The Morgan fingerprint density at radius 1 is 1.23 bits per heavy atom. The van der Waals surface area contributed by atoms with Crippen molar-refractivity contribution in [1.82, 2.24) is 14.4 Å². The summed E-state index contributed by atoms with van der Waals surface area (Å²) in [5.41, 5.74) is 1.14. The largest absolute Gasteiger partial charge is 0.355 e. The molecular weight excluding hydrogens is 418 g/mol. The molecule has 3 heterocycles. The Hall–Kier alpha value is -2.15. The van der Waals surface area contributed by atoms with Crippen LogP contribution >= 0.6 is 24.0 Å². The van der Waals surface area contributed by atoms with E-state index in [4.69, 9.17) is 12.2 Å². The first-order chi connectivity index (χ1) is 14.2. The Morgan fingerprint density at radius 2 is 1.87 bits per heavy atom. The van der Waals surface area contributed by atoms with Gasteiger partial charge in [-0.3, -0.25) is 19.1 Å². The zero-order chi connectivity index (χ0) is 22.2. The fourth-order valence-corrected chi connectivity index (χ4v) is 5.43. The molecule has 2 aliphatic heterocycles. The number of piperazine rings is 1. The molecule has 0 radical (unpaired) electrons. The van der Waals surface area contributed by atoms with Crippen LogP contribution < -0.4 is 10.5 Å². The minimum Gasteiger partial charge on any atom is -0.355 e. The summed E-state index contributed by atoms with van der Waals surface area (Å²) in [5, 5.41) is 9.58. The number of hydrogen-bond acceptors (Lipinski definition) is 7. The zero-order valence-corrected chi connectivity index (χ0v) is 19.7. The van der Waals surface area contributed by atoms with Gasteiger partial charge in [0.05, 0.1) is 4.91 Å². The van der Waals surface area contributed by atoms with Gasteiger partial charge in [0.2, 0.25) is 0 Å². The predicted octanol–water partition coefficient (Wildman–Crippen LogP) is 2.32. The van der Waals surface area contributed by atoms with Crippen LogP contribution in [0.3, 0.4) is 0 Å². The van der Waals surface area contributed by atoms with Gasteiger partial charge >= 0.3 is 0 Å². The second-order valence-electron chi connectivity index (χ2n) is 7.78. The topological polar surface area (TPSA) is 72.6 Å². The van der Waals surface area contributed by atoms with Crippen LogP contribution in [0.2, 0.25) is 0 Å². The predicted molar refractivity (Wildman–Crippen MR) is 126 cm³/mol. The Labute approximate surface area is 186 Å². The molecule has 0 aliphatic carbocycles. The van der Waals surface area contributed by atoms with Gasteiger partial charge in [0, 0.05) is 44.8 Å². The monoisotopic (exact) mass is 445 g/mol. The molecule has 2 saturated heterocycles. The third-order valence-corrected chi connectivity index (χ3v) is 7.03. The maximum Gasteiger partial charge on any atom is 0.270 e. The molecule has 1 aromatic heterocycles. The number of aromatic nitrogens is 1. The first-order valence-electron chi connectivity index (χ1n) is 10.1. The highest BCUT2D eigenvalue weighted by Gasteiger charge is 2.34. The Bertz CT molecular complexity index is 1010. The van der Waals surface area contributed by atoms with E-state index in [2.05, 4.69) is 16.7 Å². The van der Waals surface area contributed by atoms with Gasteiger partial charge in [0.1, 0.15) is 21.8 Å². The number of thioether (sulfide) groups is 1. The summed E-state index contributed by atoms with van der Waals surface area (Å²) in [7, 11) is 1.70. The maximum atomic E-state index is 12.9. The van der Waals surface area contributed by atoms with E-state index in [9.17, 15) is 14.9 Å². The van der Waals surface area contributed by atoms with Crippen molar-refractivity contribution in [2.45, 2.75) is 33.7 Å². The number of rotatable bonds is 4. The van der Waals surface area contributed by atoms with Crippen LogP contribution in [0.25, 0.3) is 6.08 Å². The molecule has 0 unspecified atom stereocenters. The number of nitrogens with zero attached hydrogens (tertiary/aromatic N) is 5. The number of likely N-dealkylation sites (N-methyl/N-ethyl adjacent to an activating group) is 1. The molecule has 0 bridgehead atoms. The summed E-state index contributed by atoms with van der Waals surface area (Å²) in [6.45, 7) is 12.1. The highest BCUT2D eigenvalue weighted by molar-refractivity contribution is 8.26. The number of amides is 1. The molecule has 9 heteroatoms. The van der Waals surface area contributed by atoms with Gasteiger partial charge in [0.25, 0.3) is 11.5 Å². The summed E-state index contributed by atoms with van der Waals surface area (Å²) in [6.07, 6.45) is 1.80. The average Bonchev–Trinajstić information content (AvgIpc) is 3.00. The van der Waals surface area contributed by atoms with Crippen molar-refractivity contribution in [3.63, 3.8) is 0 Å². The first-order valence-corrected chi connectivity index (χ1v) is 11.3. The van der Waals surface area contributed by atoms with E-state index in [1.54, 1.807) is 29.5 Å².